The Kier molecular flexibility index (Phi) is 6.35. The molecule has 0 bridgehead atoms. The third kappa shape index (κ3) is 6.24. The van der Waals surface area contributed by atoms with E-state index in [-0.39, 0.29) is 24.4 Å². The van der Waals surface area contributed by atoms with Gasteiger partial charge in [-0.15, -0.1) is 0 Å². The Morgan fingerprint density at radius 2 is 2.16 bits per heavy atom. The summed E-state index contributed by atoms with van der Waals surface area (Å²) in [6.45, 7) is 4.33. The molecule has 6 heteroatoms. The quantitative estimate of drug-likeness (QED) is 0.720. The molecule has 1 heterocycles. The van der Waals surface area contributed by atoms with Crippen molar-refractivity contribution >= 4 is 23.3 Å². The van der Waals surface area contributed by atoms with Gasteiger partial charge in [0, 0.05) is 13.0 Å². The van der Waals surface area contributed by atoms with E-state index in [1.165, 1.54) is 0 Å². The Labute approximate surface area is 117 Å². The first kappa shape index (κ1) is 15.5. The highest BCUT2D eigenvalue weighted by molar-refractivity contribution is 7.07. The van der Waals surface area contributed by atoms with Crippen LogP contribution in [-0.2, 0) is 4.79 Å². The van der Waals surface area contributed by atoms with Crippen molar-refractivity contribution in [3.05, 3.63) is 22.4 Å². The maximum Gasteiger partial charge on any atom is 0.315 e. The molecule has 2 unspecified atom stereocenters. The van der Waals surface area contributed by atoms with E-state index in [0.717, 1.165) is 5.56 Å². The number of urea groups is 1. The molecule has 0 fully saturated rings. The van der Waals surface area contributed by atoms with Gasteiger partial charge in [0.1, 0.15) is 0 Å². The highest BCUT2D eigenvalue weighted by Crippen LogP contribution is 2.15. The summed E-state index contributed by atoms with van der Waals surface area (Å²) in [5.74, 6) is -0.652. The number of hydrogen-bond acceptors (Lipinski definition) is 3. The first-order valence-electron chi connectivity index (χ1n) is 6.27. The van der Waals surface area contributed by atoms with Crippen LogP contribution >= 0.6 is 11.3 Å². The number of amides is 2. The second-order valence-corrected chi connectivity index (χ2v) is 5.45. The van der Waals surface area contributed by atoms with Crippen LogP contribution in [0.5, 0.6) is 0 Å². The lowest BCUT2D eigenvalue weighted by Crippen LogP contribution is -2.39. The number of carboxylic acid groups (broad SMARTS) is 1. The van der Waals surface area contributed by atoms with Crippen LogP contribution in [0.25, 0.3) is 0 Å². The van der Waals surface area contributed by atoms with Gasteiger partial charge in [-0.25, -0.2) is 4.79 Å². The Balaban J connectivity index is 2.22. The molecular formula is C13H20N2O3S. The first-order valence-corrected chi connectivity index (χ1v) is 7.21. The standard InChI is InChI=1S/C13H20N2O3S/c1-9(3-4-12(16)17)7-14-13(18)15-10(2)11-5-6-19-8-11/h5-6,8-10H,3-4,7H2,1-2H3,(H,16,17)(H2,14,15,18). The van der Waals surface area contributed by atoms with Crippen molar-refractivity contribution in [2.75, 3.05) is 6.54 Å². The third-order valence-corrected chi connectivity index (χ3v) is 3.55. The number of hydrogen-bond donors (Lipinski definition) is 3. The molecule has 0 radical (unpaired) electrons. The molecule has 0 saturated carbocycles. The maximum absolute atomic E-state index is 11.7. The minimum atomic E-state index is -0.803. The second-order valence-electron chi connectivity index (χ2n) is 4.67. The first-order chi connectivity index (χ1) is 8.99. The van der Waals surface area contributed by atoms with Gasteiger partial charge in [-0.2, -0.15) is 11.3 Å². The summed E-state index contributed by atoms with van der Waals surface area (Å²) in [6.07, 6.45) is 0.700. The predicted molar refractivity (Wildman–Crippen MR) is 75.3 cm³/mol. The van der Waals surface area contributed by atoms with Crippen LogP contribution in [0, 0.1) is 5.92 Å². The summed E-state index contributed by atoms with van der Waals surface area (Å²) < 4.78 is 0. The summed E-state index contributed by atoms with van der Waals surface area (Å²) in [6, 6.07) is 1.73. The molecule has 1 aromatic rings. The molecule has 1 rings (SSSR count). The summed E-state index contributed by atoms with van der Waals surface area (Å²) >= 11 is 1.60. The average molecular weight is 284 g/mol. The van der Waals surface area contributed by atoms with Gasteiger partial charge in [-0.05, 0) is 41.7 Å². The third-order valence-electron chi connectivity index (χ3n) is 2.85. The van der Waals surface area contributed by atoms with Gasteiger partial charge in [-0.3, -0.25) is 4.79 Å². The molecule has 0 aliphatic carbocycles. The van der Waals surface area contributed by atoms with E-state index in [1.807, 2.05) is 30.7 Å². The number of nitrogens with one attached hydrogen (secondary N) is 2. The monoisotopic (exact) mass is 284 g/mol. The zero-order valence-electron chi connectivity index (χ0n) is 11.2. The van der Waals surface area contributed by atoms with Crippen LogP contribution in [0.15, 0.2) is 16.8 Å². The molecular weight excluding hydrogens is 264 g/mol. The van der Waals surface area contributed by atoms with Crippen LogP contribution in [0.4, 0.5) is 4.79 Å². The minimum absolute atomic E-state index is 0.0272. The van der Waals surface area contributed by atoms with Gasteiger partial charge in [0.2, 0.25) is 0 Å². The second kappa shape index (κ2) is 7.78. The lowest BCUT2D eigenvalue weighted by atomic mass is 10.1. The topological polar surface area (TPSA) is 78.4 Å². The summed E-state index contributed by atoms with van der Waals surface area (Å²) in [4.78, 5) is 22.1. The Morgan fingerprint density at radius 3 is 2.74 bits per heavy atom. The normalized spacial score (nSPS) is 13.6. The van der Waals surface area contributed by atoms with E-state index in [4.69, 9.17) is 5.11 Å². The fraction of sp³-hybridized carbons (Fsp3) is 0.538. The molecule has 1 aromatic heterocycles. The molecule has 106 valence electrons. The van der Waals surface area contributed by atoms with Crippen molar-refractivity contribution in [2.45, 2.75) is 32.7 Å². The molecule has 2 atom stereocenters. The summed E-state index contributed by atoms with van der Waals surface area (Å²) in [5.41, 5.74) is 1.08. The van der Waals surface area contributed by atoms with Gasteiger partial charge < -0.3 is 15.7 Å². The van der Waals surface area contributed by atoms with Crippen LogP contribution in [0.3, 0.4) is 0 Å². The van der Waals surface area contributed by atoms with Crippen molar-refractivity contribution in [1.82, 2.24) is 10.6 Å². The zero-order valence-corrected chi connectivity index (χ0v) is 12.0. The van der Waals surface area contributed by atoms with Gasteiger partial charge in [0.25, 0.3) is 0 Å². The van der Waals surface area contributed by atoms with Crippen LogP contribution in [0.1, 0.15) is 38.3 Å². The average Bonchev–Trinajstić information content (AvgIpc) is 2.87. The molecule has 0 saturated heterocycles. The molecule has 5 nitrogen and oxygen atoms in total. The van der Waals surface area contributed by atoms with Crippen molar-refractivity contribution in [3.63, 3.8) is 0 Å². The van der Waals surface area contributed by atoms with Gasteiger partial charge in [0.15, 0.2) is 0 Å². The number of carboxylic acids is 1. The summed E-state index contributed by atoms with van der Waals surface area (Å²) in [7, 11) is 0. The minimum Gasteiger partial charge on any atom is -0.481 e. The fourth-order valence-corrected chi connectivity index (χ4v) is 2.35. The van der Waals surface area contributed by atoms with E-state index < -0.39 is 5.97 Å². The number of carbonyl (C=O) groups excluding carboxylic acids is 1. The van der Waals surface area contributed by atoms with E-state index in [9.17, 15) is 9.59 Å². The molecule has 0 aliphatic rings. The molecule has 2 amide bonds. The molecule has 0 spiro atoms. The highest BCUT2D eigenvalue weighted by atomic mass is 32.1. The Hall–Kier alpha value is -1.56. The lowest BCUT2D eigenvalue weighted by molar-refractivity contribution is -0.137. The van der Waals surface area contributed by atoms with Gasteiger partial charge in [-0.1, -0.05) is 6.92 Å². The summed E-state index contributed by atoms with van der Waals surface area (Å²) in [5, 5.41) is 18.1. The largest absolute Gasteiger partial charge is 0.481 e. The molecule has 0 aliphatic heterocycles. The predicted octanol–water partition coefficient (Wildman–Crippen LogP) is 2.61. The molecule has 0 aromatic carbocycles. The number of thiophene rings is 1. The van der Waals surface area contributed by atoms with Crippen molar-refractivity contribution in [3.8, 4) is 0 Å². The van der Waals surface area contributed by atoms with Gasteiger partial charge in [0.05, 0.1) is 6.04 Å². The van der Waals surface area contributed by atoms with Crippen molar-refractivity contribution in [2.24, 2.45) is 5.92 Å². The SMILES string of the molecule is CC(CCC(=O)O)CNC(=O)NC(C)c1ccsc1. The van der Waals surface area contributed by atoms with E-state index in [1.54, 1.807) is 11.3 Å². The van der Waals surface area contributed by atoms with Crippen molar-refractivity contribution in [1.29, 1.82) is 0 Å². The van der Waals surface area contributed by atoms with Crippen LogP contribution in [0.2, 0.25) is 0 Å². The van der Waals surface area contributed by atoms with Gasteiger partial charge >= 0.3 is 12.0 Å². The van der Waals surface area contributed by atoms with E-state index in [0.29, 0.717) is 13.0 Å². The fourth-order valence-electron chi connectivity index (χ4n) is 1.59. The van der Waals surface area contributed by atoms with E-state index in [2.05, 4.69) is 10.6 Å². The molecule has 3 N–H and O–H groups in total. The van der Waals surface area contributed by atoms with Crippen LogP contribution < -0.4 is 10.6 Å². The van der Waals surface area contributed by atoms with Crippen molar-refractivity contribution < 1.29 is 14.7 Å². The maximum atomic E-state index is 11.7. The smallest absolute Gasteiger partial charge is 0.315 e. The number of carbonyl (C=O) groups is 2. The van der Waals surface area contributed by atoms with Crippen LogP contribution in [-0.4, -0.2) is 23.7 Å². The Morgan fingerprint density at radius 1 is 1.42 bits per heavy atom. The number of rotatable bonds is 7. The lowest BCUT2D eigenvalue weighted by Gasteiger charge is -2.15. The zero-order chi connectivity index (χ0) is 14.3. The molecule has 19 heavy (non-hydrogen) atoms. The van der Waals surface area contributed by atoms with E-state index >= 15 is 0 Å². The highest BCUT2D eigenvalue weighted by Gasteiger charge is 2.11. The number of aliphatic carboxylic acids is 1. The Bertz CT molecular complexity index is 406.